The van der Waals surface area contributed by atoms with E-state index in [1.807, 2.05) is 30.3 Å². The van der Waals surface area contributed by atoms with Gasteiger partial charge in [-0.1, -0.05) is 38.0 Å². The Kier molecular flexibility index (Phi) is 6.16. The lowest BCUT2D eigenvalue weighted by atomic mass is 9.89. The van der Waals surface area contributed by atoms with E-state index in [-0.39, 0.29) is 18.3 Å². The van der Waals surface area contributed by atoms with Crippen molar-refractivity contribution in [1.82, 2.24) is 5.32 Å². The lowest BCUT2D eigenvalue weighted by Crippen LogP contribution is -2.37. The van der Waals surface area contributed by atoms with Crippen molar-refractivity contribution in [3.8, 4) is 0 Å². The van der Waals surface area contributed by atoms with Gasteiger partial charge in [0.1, 0.15) is 0 Å². The second-order valence-electron chi connectivity index (χ2n) is 5.51. The molecule has 0 aromatic heterocycles. The first kappa shape index (κ1) is 15.8. The average Bonchev–Trinajstić information content (AvgIpc) is 2.83. The lowest BCUT2D eigenvalue weighted by Gasteiger charge is -2.23. The number of carbonyl (C=O) groups is 1. The fraction of sp³-hybridized carbons (Fsp3) is 0.533. The third-order valence-electron chi connectivity index (χ3n) is 3.75. The number of carbonyl (C=O) groups excluding carboxylic acids is 1. The minimum absolute atomic E-state index is 0. The molecule has 19 heavy (non-hydrogen) atoms. The average molecular weight is 283 g/mol. The smallest absolute Gasteiger partial charge is 0.239 e. The number of para-hydroxylation sites is 1. The molecule has 0 spiro atoms. The standard InChI is InChI=1S/C15H22N2O.ClH/c1-15(9-5-6-10-15)12-17-14(18)11-16-13-7-3-2-4-8-13;/h2-4,7-8,16H,5-6,9-12H2,1H3,(H,17,18);1H. The van der Waals surface area contributed by atoms with Crippen molar-refractivity contribution in [1.29, 1.82) is 0 Å². The molecular formula is C15H23ClN2O. The van der Waals surface area contributed by atoms with E-state index in [1.165, 1.54) is 25.7 Å². The summed E-state index contributed by atoms with van der Waals surface area (Å²) in [5.41, 5.74) is 1.31. The van der Waals surface area contributed by atoms with E-state index in [0.29, 0.717) is 12.0 Å². The molecule has 0 atom stereocenters. The van der Waals surface area contributed by atoms with E-state index in [2.05, 4.69) is 17.6 Å². The van der Waals surface area contributed by atoms with E-state index in [9.17, 15) is 4.79 Å². The molecule has 1 fully saturated rings. The Morgan fingerprint density at radius 3 is 2.47 bits per heavy atom. The summed E-state index contributed by atoms with van der Waals surface area (Å²) in [6.07, 6.45) is 5.07. The molecule has 1 amide bonds. The van der Waals surface area contributed by atoms with Crippen LogP contribution in [0.2, 0.25) is 0 Å². The van der Waals surface area contributed by atoms with E-state index >= 15 is 0 Å². The number of rotatable bonds is 5. The highest BCUT2D eigenvalue weighted by atomic mass is 35.5. The number of halogens is 1. The minimum Gasteiger partial charge on any atom is -0.376 e. The number of anilines is 1. The van der Waals surface area contributed by atoms with Gasteiger partial charge in [-0.05, 0) is 30.4 Å². The van der Waals surface area contributed by atoms with E-state index < -0.39 is 0 Å². The number of nitrogens with one attached hydrogen (secondary N) is 2. The molecule has 1 aliphatic carbocycles. The Balaban J connectivity index is 0.00000180. The first-order chi connectivity index (χ1) is 8.68. The van der Waals surface area contributed by atoms with Gasteiger partial charge >= 0.3 is 0 Å². The first-order valence-electron chi connectivity index (χ1n) is 6.74. The van der Waals surface area contributed by atoms with Crippen molar-refractivity contribution in [3.63, 3.8) is 0 Å². The van der Waals surface area contributed by atoms with Crippen molar-refractivity contribution >= 4 is 24.0 Å². The summed E-state index contributed by atoms with van der Waals surface area (Å²) in [6, 6.07) is 9.81. The van der Waals surface area contributed by atoms with Crippen molar-refractivity contribution in [2.75, 3.05) is 18.4 Å². The summed E-state index contributed by atoms with van der Waals surface area (Å²) in [4.78, 5) is 11.7. The molecular weight excluding hydrogens is 260 g/mol. The summed E-state index contributed by atoms with van der Waals surface area (Å²) >= 11 is 0. The summed E-state index contributed by atoms with van der Waals surface area (Å²) in [5, 5.41) is 6.15. The zero-order valence-corrected chi connectivity index (χ0v) is 12.3. The van der Waals surface area contributed by atoms with Crippen LogP contribution in [0.3, 0.4) is 0 Å². The Labute approximate surface area is 121 Å². The molecule has 1 aromatic rings. The molecule has 0 saturated heterocycles. The van der Waals surface area contributed by atoms with Crippen molar-refractivity contribution in [2.45, 2.75) is 32.6 Å². The lowest BCUT2D eigenvalue weighted by molar-refractivity contribution is -0.119. The third-order valence-corrected chi connectivity index (χ3v) is 3.75. The molecule has 2 N–H and O–H groups in total. The van der Waals surface area contributed by atoms with Gasteiger partial charge in [0.05, 0.1) is 6.54 Å². The van der Waals surface area contributed by atoms with Crippen molar-refractivity contribution < 1.29 is 4.79 Å². The maximum absolute atomic E-state index is 11.7. The van der Waals surface area contributed by atoms with Crippen LogP contribution >= 0.6 is 12.4 Å². The van der Waals surface area contributed by atoms with Crippen LogP contribution in [0, 0.1) is 5.41 Å². The SMILES string of the molecule is CC1(CNC(=O)CNc2ccccc2)CCCC1.Cl. The molecule has 1 aromatic carbocycles. The molecule has 0 heterocycles. The Hall–Kier alpha value is -1.22. The molecule has 3 nitrogen and oxygen atoms in total. The van der Waals surface area contributed by atoms with E-state index in [1.54, 1.807) is 0 Å². The number of hydrogen-bond donors (Lipinski definition) is 2. The molecule has 0 aliphatic heterocycles. The van der Waals surface area contributed by atoms with Crippen LogP contribution in [0.5, 0.6) is 0 Å². The Bertz CT molecular complexity index is 388. The van der Waals surface area contributed by atoms with Crippen LogP contribution in [0.4, 0.5) is 5.69 Å². The predicted molar refractivity (Wildman–Crippen MR) is 81.8 cm³/mol. The third kappa shape index (κ3) is 5.11. The summed E-state index contributed by atoms with van der Waals surface area (Å²) in [7, 11) is 0. The van der Waals surface area contributed by atoms with Crippen LogP contribution < -0.4 is 10.6 Å². The topological polar surface area (TPSA) is 41.1 Å². The second kappa shape index (κ2) is 7.39. The summed E-state index contributed by atoms with van der Waals surface area (Å²) in [5.74, 6) is 0.0759. The minimum atomic E-state index is 0. The quantitative estimate of drug-likeness (QED) is 0.871. The predicted octanol–water partition coefficient (Wildman–Crippen LogP) is 3.22. The van der Waals surface area contributed by atoms with Gasteiger partial charge in [-0.15, -0.1) is 12.4 Å². The van der Waals surface area contributed by atoms with Crippen LogP contribution in [-0.4, -0.2) is 19.0 Å². The fourth-order valence-electron chi connectivity index (χ4n) is 2.52. The molecule has 0 radical (unpaired) electrons. The van der Waals surface area contributed by atoms with Gasteiger partial charge in [0.15, 0.2) is 0 Å². The largest absolute Gasteiger partial charge is 0.376 e. The maximum atomic E-state index is 11.7. The van der Waals surface area contributed by atoms with Gasteiger partial charge in [0.2, 0.25) is 5.91 Å². The van der Waals surface area contributed by atoms with E-state index in [0.717, 1.165) is 12.2 Å². The molecule has 0 bridgehead atoms. The van der Waals surface area contributed by atoms with Gasteiger partial charge in [-0.2, -0.15) is 0 Å². The van der Waals surface area contributed by atoms with Gasteiger partial charge in [-0.25, -0.2) is 0 Å². The molecule has 0 unspecified atom stereocenters. The van der Waals surface area contributed by atoms with Crippen LogP contribution in [0.1, 0.15) is 32.6 Å². The van der Waals surface area contributed by atoms with Gasteiger partial charge in [-0.3, -0.25) is 4.79 Å². The zero-order valence-electron chi connectivity index (χ0n) is 11.4. The Morgan fingerprint density at radius 1 is 1.21 bits per heavy atom. The highest BCUT2D eigenvalue weighted by Gasteiger charge is 2.28. The Morgan fingerprint density at radius 2 is 1.84 bits per heavy atom. The molecule has 2 rings (SSSR count). The summed E-state index contributed by atoms with van der Waals surface area (Å²) < 4.78 is 0. The molecule has 106 valence electrons. The van der Waals surface area contributed by atoms with Crippen LogP contribution in [0.25, 0.3) is 0 Å². The second-order valence-corrected chi connectivity index (χ2v) is 5.51. The van der Waals surface area contributed by atoms with Crippen molar-refractivity contribution in [3.05, 3.63) is 30.3 Å². The monoisotopic (exact) mass is 282 g/mol. The molecule has 4 heteroatoms. The highest BCUT2D eigenvalue weighted by molar-refractivity contribution is 5.85. The van der Waals surface area contributed by atoms with Gasteiger partial charge in [0.25, 0.3) is 0 Å². The summed E-state index contributed by atoms with van der Waals surface area (Å²) in [6.45, 7) is 3.42. The zero-order chi connectivity index (χ0) is 12.8. The van der Waals surface area contributed by atoms with Crippen LogP contribution in [0.15, 0.2) is 30.3 Å². The maximum Gasteiger partial charge on any atom is 0.239 e. The van der Waals surface area contributed by atoms with Crippen LogP contribution in [-0.2, 0) is 4.79 Å². The normalized spacial score (nSPS) is 16.5. The van der Waals surface area contributed by atoms with Crippen molar-refractivity contribution in [2.24, 2.45) is 5.41 Å². The van der Waals surface area contributed by atoms with Gasteiger partial charge < -0.3 is 10.6 Å². The first-order valence-corrected chi connectivity index (χ1v) is 6.74. The van der Waals surface area contributed by atoms with E-state index in [4.69, 9.17) is 0 Å². The number of hydrogen-bond acceptors (Lipinski definition) is 2. The molecule has 1 aliphatic rings. The number of benzene rings is 1. The number of amides is 1. The molecule has 1 saturated carbocycles. The highest BCUT2D eigenvalue weighted by Crippen LogP contribution is 2.36. The van der Waals surface area contributed by atoms with Gasteiger partial charge in [0, 0.05) is 12.2 Å². The fourth-order valence-corrected chi connectivity index (χ4v) is 2.52.